The Bertz CT molecular complexity index is 931. The summed E-state index contributed by atoms with van der Waals surface area (Å²) in [6.07, 6.45) is 3.72. The fourth-order valence-electron chi connectivity index (χ4n) is 3.85. The van der Waals surface area contributed by atoms with Gasteiger partial charge in [-0.05, 0) is 57.0 Å². The van der Waals surface area contributed by atoms with E-state index in [1.807, 2.05) is 24.4 Å². The Morgan fingerprint density at radius 1 is 1.27 bits per heavy atom. The topological polar surface area (TPSA) is 46.3 Å². The summed E-state index contributed by atoms with van der Waals surface area (Å²) in [4.78, 5) is 11.0. The van der Waals surface area contributed by atoms with Crippen molar-refractivity contribution in [3.05, 3.63) is 57.3 Å². The first-order chi connectivity index (χ1) is 12.5. The van der Waals surface area contributed by atoms with Crippen molar-refractivity contribution < 1.29 is 4.39 Å². The molecule has 0 amide bonds. The van der Waals surface area contributed by atoms with Crippen LogP contribution in [0.2, 0.25) is 0 Å². The molecular formula is C19H21BrFN5. The van der Waals surface area contributed by atoms with E-state index >= 15 is 0 Å². The second kappa shape index (κ2) is 7.04. The van der Waals surface area contributed by atoms with Gasteiger partial charge in [-0.3, -0.25) is 4.90 Å². The average molecular weight is 418 g/mol. The first-order valence-corrected chi connectivity index (χ1v) is 9.64. The van der Waals surface area contributed by atoms with Gasteiger partial charge in [0.25, 0.3) is 5.78 Å². The van der Waals surface area contributed by atoms with E-state index in [0.29, 0.717) is 18.2 Å². The lowest BCUT2D eigenvalue weighted by Gasteiger charge is -2.33. The Morgan fingerprint density at radius 3 is 2.92 bits per heavy atom. The first kappa shape index (κ1) is 17.5. The van der Waals surface area contributed by atoms with Crippen LogP contribution in [0.25, 0.3) is 5.78 Å². The van der Waals surface area contributed by atoms with Crippen LogP contribution in [-0.4, -0.2) is 37.6 Å². The Morgan fingerprint density at radius 2 is 2.12 bits per heavy atom. The molecule has 7 heteroatoms. The number of likely N-dealkylation sites (tertiary alicyclic amines) is 1. The Balaban J connectivity index is 1.59. The minimum absolute atomic E-state index is 0.141. The molecule has 136 valence electrons. The Labute approximate surface area is 160 Å². The van der Waals surface area contributed by atoms with Gasteiger partial charge in [0.15, 0.2) is 0 Å². The predicted octanol–water partition coefficient (Wildman–Crippen LogP) is 4.02. The highest BCUT2D eigenvalue weighted by molar-refractivity contribution is 9.10. The van der Waals surface area contributed by atoms with Crippen LogP contribution < -0.4 is 0 Å². The van der Waals surface area contributed by atoms with Gasteiger partial charge < -0.3 is 0 Å². The van der Waals surface area contributed by atoms with Gasteiger partial charge in [0.1, 0.15) is 12.1 Å². The summed E-state index contributed by atoms with van der Waals surface area (Å²) in [6, 6.07) is 5.63. The van der Waals surface area contributed by atoms with E-state index in [1.54, 1.807) is 12.4 Å². The minimum Gasteiger partial charge on any atom is -0.298 e. The van der Waals surface area contributed by atoms with Gasteiger partial charge in [0, 0.05) is 34.7 Å². The summed E-state index contributed by atoms with van der Waals surface area (Å²) in [5, 5.41) is 4.34. The van der Waals surface area contributed by atoms with Gasteiger partial charge in [-0.1, -0.05) is 15.9 Å². The van der Waals surface area contributed by atoms with Crippen LogP contribution in [-0.2, 0) is 6.54 Å². The molecule has 0 spiro atoms. The van der Waals surface area contributed by atoms with E-state index in [0.717, 1.165) is 52.9 Å². The lowest BCUT2D eigenvalue weighted by atomic mass is 9.93. The van der Waals surface area contributed by atoms with E-state index in [9.17, 15) is 4.39 Å². The van der Waals surface area contributed by atoms with Crippen LogP contribution in [0.15, 0.2) is 29.0 Å². The van der Waals surface area contributed by atoms with Gasteiger partial charge in [-0.15, -0.1) is 0 Å². The fourth-order valence-corrected chi connectivity index (χ4v) is 4.39. The van der Waals surface area contributed by atoms with Crippen molar-refractivity contribution in [1.82, 2.24) is 24.5 Å². The van der Waals surface area contributed by atoms with E-state index in [1.165, 1.54) is 0 Å². The number of fused-ring (bicyclic) bond motifs is 1. The lowest BCUT2D eigenvalue weighted by molar-refractivity contribution is 0.195. The highest BCUT2D eigenvalue weighted by atomic mass is 79.9. The number of piperidine rings is 1. The minimum atomic E-state index is -0.141. The highest BCUT2D eigenvalue weighted by Gasteiger charge is 2.25. The summed E-state index contributed by atoms with van der Waals surface area (Å²) in [5.74, 6) is 0.845. The number of benzene rings is 1. The van der Waals surface area contributed by atoms with Crippen LogP contribution in [0, 0.1) is 19.7 Å². The third kappa shape index (κ3) is 3.38. The summed E-state index contributed by atoms with van der Waals surface area (Å²) in [7, 11) is 0. The van der Waals surface area contributed by atoms with Gasteiger partial charge in [0.05, 0.1) is 5.69 Å². The molecule has 1 saturated heterocycles. The third-order valence-electron chi connectivity index (χ3n) is 5.10. The maximum atomic E-state index is 14.4. The SMILES string of the molecule is Cc1cc(C2CCCN(Cc3c(C)cc(Br)cc3F)C2)n2ncnc2n1. The predicted molar refractivity (Wildman–Crippen MR) is 102 cm³/mol. The van der Waals surface area contributed by atoms with Crippen LogP contribution in [0.1, 0.15) is 41.3 Å². The molecule has 2 aromatic heterocycles. The number of aromatic nitrogens is 4. The molecule has 26 heavy (non-hydrogen) atoms. The Hall–Kier alpha value is -1.86. The second-order valence-corrected chi connectivity index (χ2v) is 7.97. The number of hydrogen-bond donors (Lipinski definition) is 0. The number of aryl methyl sites for hydroxylation is 2. The Kier molecular flexibility index (Phi) is 4.75. The molecule has 0 bridgehead atoms. The molecule has 3 heterocycles. The van der Waals surface area contributed by atoms with Gasteiger partial charge >= 0.3 is 0 Å². The number of nitrogens with zero attached hydrogens (tertiary/aromatic N) is 5. The largest absolute Gasteiger partial charge is 0.298 e. The zero-order valence-electron chi connectivity index (χ0n) is 14.9. The zero-order valence-corrected chi connectivity index (χ0v) is 16.5. The standard InChI is InChI=1S/C19H21BrFN5/c1-12-6-15(20)8-17(21)16(12)10-25-5-3-4-14(9-25)18-7-13(2)24-19-22-11-23-26(18)19/h6-8,11,14H,3-5,9-10H2,1-2H3. The molecule has 0 saturated carbocycles. The first-order valence-electron chi connectivity index (χ1n) is 8.85. The number of halogens is 2. The second-order valence-electron chi connectivity index (χ2n) is 7.05. The van der Waals surface area contributed by atoms with Crippen molar-refractivity contribution in [1.29, 1.82) is 0 Å². The molecule has 1 unspecified atom stereocenters. The van der Waals surface area contributed by atoms with Crippen molar-refractivity contribution in [3.8, 4) is 0 Å². The van der Waals surface area contributed by atoms with Gasteiger partial charge in [0.2, 0.25) is 0 Å². The third-order valence-corrected chi connectivity index (χ3v) is 5.55. The van der Waals surface area contributed by atoms with Gasteiger partial charge in [-0.25, -0.2) is 13.9 Å². The molecular weight excluding hydrogens is 397 g/mol. The smallest absolute Gasteiger partial charge is 0.252 e. The van der Waals surface area contributed by atoms with E-state index in [-0.39, 0.29) is 5.82 Å². The van der Waals surface area contributed by atoms with Crippen molar-refractivity contribution in [2.24, 2.45) is 0 Å². The summed E-state index contributed by atoms with van der Waals surface area (Å²) >= 11 is 3.36. The maximum Gasteiger partial charge on any atom is 0.252 e. The molecule has 5 nitrogen and oxygen atoms in total. The van der Waals surface area contributed by atoms with E-state index in [4.69, 9.17) is 0 Å². The van der Waals surface area contributed by atoms with Crippen LogP contribution >= 0.6 is 15.9 Å². The number of rotatable bonds is 3. The van der Waals surface area contributed by atoms with Crippen LogP contribution in [0.3, 0.4) is 0 Å². The molecule has 0 radical (unpaired) electrons. The molecule has 0 aliphatic carbocycles. The molecule has 1 aliphatic heterocycles. The number of hydrogen-bond acceptors (Lipinski definition) is 4. The van der Waals surface area contributed by atoms with Crippen molar-refractivity contribution >= 4 is 21.7 Å². The van der Waals surface area contributed by atoms with Crippen LogP contribution in [0.5, 0.6) is 0 Å². The quantitative estimate of drug-likeness (QED) is 0.645. The molecule has 0 N–H and O–H groups in total. The summed E-state index contributed by atoms with van der Waals surface area (Å²) < 4.78 is 17.0. The van der Waals surface area contributed by atoms with Crippen molar-refractivity contribution in [2.75, 3.05) is 13.1 Å². The zero-order chi connectivity index (χ0) is 18.3. The van der Waals surface area contributed by atoms with Gasteiger partial charge in [-0.2, -0.15) is 10.1 Å². The summed E-state index contributed by atoms with van der Waals surface area (Å²) in [5.41, 5.74) is 3.86. The fraction of sp³-hybridized carbons (Fsp3) is 0.421. The molecule has 3 aromatic rings. The van der Waals surface area contributed by atoms with Crippen molar-refractivity contribution in [3.63, 3.8) is 0 Å². The van der Waals surface area contributed by atoms with Crippen LogP contribution in [0.4, 0.5) is 4.39 Å². The summed E-state index contributed by atoms with van der Waals surface area (Å²) in [6.45, 7) is 6.45. The monoisotopic (exact) mass is 417 g/mol. The molecule has 1 fully saturated rings. The average Bonchev–Trinajstić information content (AvgIpc) is 3.06. The van der Waals surface area contributed by atoms with Crippen molar-refractivity contribution in [2.45, 2.75) is 39.2 Å². The molecule has 1 atom stereocenters. The highest BCUT2D eigenvalue weighted by Crippen LogP contribution is 2.29. The lowest BCUT2D eigenvalue weighted by Crippen LogP contribution is -2.35. The maximum absolute atomic E-state index is 14.4. The normalized spacial score (nSPS) is 18.5. The van der Waals surface area contributed by atoms with E-state index in [2.05, 4.69) is 42.0 Å². The molecule has 1 aromatic carbocycles. The van der Waals surface area contributed by atoms with E-state index < -0.39 is 0 Å². The molecule has 1 aliphatic rings. The molecule has 4 rings (SSSR count).